The Bertz CT molecular complexity index is 1040. The Kier molecular flexibility index (Phi) is 6.41. The third kappa shape index (κ3) is 4.69. The number of morpholine rings is 1. The van der Waals surface area contributed by atoms with Gasteiger partial charge >= 0.3 is 0 Å². The number of para-hydroxylation sites is 1. The zero-order valence-corrected chi connectivity index (χ0v) is 17.8. The summed E-state index contributed by atoms with van der Waals surface area (Å²) >= 11 is 0. The van der Waals surface area contributed by atoms with Gasteiger partial charge in [0.1, 0.15) is 13.1 Å². The number of pyridine rings is 1. The highest BCUT2D eigenvalue weighted by Crippen LogP contribution is 2.26. The number of ether oxygens (including phenoxy) is 1. The molecule has 2 N–H and O–H groups in total. The summed E-state index contributed by atoms with van der Waals surface area (Å²) in [6.45, 7) is 9.74. The number of aromatic nitrogens is 1. The predicted molar refractivity (Wildman–Crippen MR) is 120 cm³/mol. The van der Waals surface area contributed by atoms with Gasteiger partial charge in [-0.05, 0) is 43.2 Å². The van der Waals surface area contributed by atoms with E-state index < -0.39 is 0 Å². The molecule has 1 saturated heterocycles. The first-order chi connectivity index (χ1) is 14.6. The predicted octanol–water partition coefficient (Wildman–Crippen LogP) is 2.55. The maximum Gasteiger partial charge on any atom is 0.252 e. The van der Waals surface area contributed by atoms with Crippen molar-refractivity contribution in [3.63, 3.8) is 0 Å². The summed E-state index contributed by atoms with van der Waals surface area (Å²) in [5, 5.41) is 4.01. The van der Waals surface area contributed by atoms with Gasteiger partial charge in [-0.2, -0.15) is 0 Å². The molecule has 1 fully saturated rings. The molecule has 4 rings (SSSR count). The molecule has 2 heterocycles. The zero-order valence-electron chi connectivity index (χ0n) is 17.8. The number of carbonyl (C=O) groups excluding carboxylic acids is 1. The van der Waals surface area contributed by atoms with Crippen LogP contribution in [0.2, 0.25) is 0 Å². The van der Waals surface area contributed by atoms with Gasteiger partial charge in [0.2, 0.25) is 0 Å². The number of quaternary nitrogens is 1. The van der Waals surface area contributed by atoms with E-state index in [1.807, 2.05) is 30.3 Å². The standard InChI is InChI=1S/C25H29N3O2/c1-18-8-9-20(16-19(18)2)24-17-22(21-6-3-4-7-23(21)27-24)25(29)26-10-5-11-28-12-14-30-15-13-28/h3-4,6-9,16-17H,5,10-15H2,1-2H3,(H,26,29)/p+1. The lowest BCUT2D eigenvalue weighted by molar-refractivity contribution is -0.908. The summed E-state index contributed by atoms with van der Waals surface area (Å²) in [6.07, 6.45) is 0.966. The van der Waals surface area contributed by atoms with E-state index >= 15 is 0 Å². The van der Waals surface area contributed by atoms with Crippen LogP contribution in [0.4, 0.5) is 0 Å². The molecule has 0 aliphatic carbocycles. The van der Waals surface area contributed by atoms with Crippen LogP contribution in [0.15, 0.2) is 48.5 Å². The lowest BCUT2D eigenvalue weighted by Gasteiger charge is -2.23. The second-order valence-corrected chi connectivity index (χ2v) is 8.09. The van der Waals surface area contributed by atoms with E-state index in [0.29, 0.717) is 12.1 Å². The van der Waals surface area contributed by atoms with Gasteiger partial charge < -0.3 is 15.0 Å². The smallest absolute Gasteiger partial charge is 0.252 e. The van der Waals surface area contributed by atoms with Gasteiger partial charge in [-0.15, -0.1) is 0 Å². The van der Waals surface area contributed by atoms with E-state index in [0.717, 1.165) is 61.4 Å². The molecule has 3 aromatic rings. The summed E-state index contributed by atoms with van der Waals surface area (Å²) in [7, 11) is 0. The lowest BCUT2D eigenvalue weighted by Crippen LogP contribution is -3.14. The lowest BCUT2D eigenvalue weighted by atomic mass is 10.0. The monoisotopic (exact) mass is 404 g/mol. The number of benzene rings is 2. The summed E-state index contributed by atoms with van der Waals surface area (Å²) < 4.78 is 5.41. The Hall–Kier alpha value is -2.76. The number of amides is 1. The second-order valence-electron chi connectivity index (χ2n) is 8.09. The third-order valence-electron chi connectivity index (χ3n) is 5.96. The molecule has 2 aromatic carbocycles. The van der Waals surface area contributed by atoms with Crippen LogP contribution >= 0.6 is 0 Å². The Morgan fingerprint density at radius 3 is 2.67 bits per heavy atom. The van der Waals surface area contributed by atoms with Crippen LogP contribution in [-0.4, -0.2) is 50.3 Å². The van der Waals surface area contributed by atoms with Gasteiger partial charge in [0.05, 0.1) is 36.5 Å². The quantitative estimate of drug-likeness (QED) is 0.621. The molecule has 1 amide bonds. The summed E-state index contributed by atoms with van der Waals surface area (Å²) in [5.74, 6) is -0.0318. The van der Waals surface area contributed by atoms with Crippen molar-refractivity contribution >= 4 is 16.8 Å². The highest BCUT2D eigenvalue weighted by atomic mass is 16.5. The van der Waals surface area contributed by atoms with E-state index in [2.05, 4.69) is 37.4 Å². The molecule has 0 saturated carbocycles. The molecule has 0 spiro atoms. The Morgan fingerprint density at radius 2 is 1.87 bits per heavy atom. The third-order valence-corrected chi connectivity index (χ3v) is 5.96. The molecule has 1 aliphatic heterocycles. The Morgan fingerprint density at radius 1 is 1.07 bits per heavy atom. The van der Waals surface area contributed by atoms with Gasteiger partial charge in [-0.3, -0.25) is 4.79 Å². The fourth-order valence-electron chi connectivity index (χ4n) is 3.96. The molecule has 5 nitrogen and oxygen atoms in total. The minimum atomic E-state index is -0.0318. The van der Waals surface area contributed by atoms with Gasteiger partial charge in [0.25, 0.3) is 5.91 Å². The van der Waals surface area contributed by atoms with Gasteiger partial charge in [0.15, 0.2) is 0 Å². The SMILES string of the molecule is Cc1ccc(-c2cc(C(=O)NCCC[NH+]3CCOCC3)c3ccccc3n2)cc1C. The first-order valence-electron chi connectivity index (χ1n) is 10.8. The molecule has 156 valence electrons. The minimum absolute atomic E-state index is 0.0318. The molecule has 0 unspecified atom stereocenters. The van der Waals surface area contributed by atoms with Crippen LogP contribution < -0.4 is 10.2 Å². The maximum absolute atomic E-state index is 13.0. The fraction of sp³-hybridized carbons (Fsp3) is 0.360. The average Bonchev–Trinajstić information content (AvgIpc) is 2.78. The van der Waals surface area contributed by atoms with Crippen LogP contribution in [0.25, 0.3) is 22.2 Å². The second kappa shape index (κ2) is 9.37. The van der Waals surface area contributed by atoms with E-state index in [9.17, 15) is 4.79 Å². The van der Waals surface area contributed by atoms with Crippen LogP contribution in [-0.2, 0) is 4.74 Å². The highest BCUT2D eigenvalue weighted by molar-refractivity contribution is 6.07. The largest absolute Gasteiger partial charge is 0.370 e. The van der Waals surface area contributed by atoms with E-state index in [1.165, 1.54) is 11.1 Å². The van der Waals surface area contributed by atoms with Crippen LogP contribution in [0.5, 0.6) is 0 Å². The number of aryl methyl sites for hydroxylation is 2. The zero-order chi connectivity index (χ0) is 20.9. The van der Waals surface area contributed by atoms with Crippen molar-refractivity contribution in [1.29, 1.82) is 0 Å². The number of hydrogen-bond donors (Lipinski definition) is 2. The molecular formula is C25H30N3O2+. The topological polar surface area (TPSA) is 55.7 Å². The van der Waals surface area contributed by atoms with E-state index in [1.54, 1.807) is 4.90 Å². The summed E-state index contributed by atoms with van der Waals surface area (Å²) in [4.78, 5) is 19.4. The van der Waals surface area contributed by atoms with Gasteiger partial charge in [-0.1, -0.05) is 30.3 Å². The molecule has 0 radical (unpaired) electrons. The van der Waals surface area contributed by atoms with Crippen molar-refractivity contribution in [2.24, 2.45) is 0 Å². The number of carbonyl (C=O) groups is 1. The highest BCUT2D eigenvalue weighted by Gasteiger charge is 2.16. The first kappa shape index (κ1) is 20.5. The van der Waals surface area contributed by atoms with Crippen molar-refractivity contribution in [3.05, 3.63) is 65.2 Å². The molecule has 30 heavy (non-hydrogen) atoms. The molecule has 0 atom stereocenters. The molecule has 1 aromatic heterocycles. The normalized spacial score (nSPS) is 14.7. The van der Waals surface area contributed by atoms with Crippen molar-refractivity contribution in [2.75, 3.05) is 39.4 Å². The minimum Gasteiger partial charge on any atom is -0.370 e. The number of hydrogen-bond acceptors (Lipinski definition) is 3. The fourth-order valence-corrected chi connectivity index (χ4v) is 3.96. The van der Waals surface area contributed by atoms with Crippen molar-refractivity contribution in [2.45, 2.75) is 20.3 Å². The van der Waals surface area contributed by atoms with Gasteiger partial charge in [-0.25, -0.2) is 4.98 Å². The maximum atomic E-state index is 13.0. The first-order valence-corrected chi connectivity index (χ1v) is 10.8. The average molecular weight is 405 g/mol. The molecule has 1 aliphatic rings. The molecule has 0 bridgehead atoms. The molecular weight excluding hydrogens is 374 g/mol. The molecule has 5 heteroatoms. The van der Waals surface area contributed by atoms with Crippen molar-refractivity contribution < 1.29 is 14.4 Å². The summed E-state index contributed by atoms with van der Waals surface area (Å²) in [5.41, 5.74) is 5.87. The van der Waals surface area contributed by atoms with E-state index in [-0.39, 0.29) is 5.91 Å². The van der Waals surface area contributed by atoms with Gasteiger partial charge in [0, 0.05) is 23.9 Å². The Balaban J connectivity index is 1.53. The van der Waals surface area contributed by atoms with Crippen LogP contribution in [0.3, 0.4) is 0 Å². The number of rotatable bonds is 6. The number of nitrogens with one attached hydrogen (secondary N) is 2. The number of nitrogens with zero attached hydrogens (tertiary/aromatic N) is 1. The summed E-state index contributed by atoms with van der Waals surface area (Å²) in [6, 6.07) is 16.1. The van der Waals surface area contributed by atoms with E-state index in [4.69, 9.17) is 9.72 Å². The van der Waals surface area contributed by atoms with Crippen LogP contribution in [0.1, 0.15) is 27.9 Å². The number of fused-ring (bicyclic) bond motifs is 1. The van der Waals surface area contributed by atoms with Crippen molar-refractivity contribution in [3.8, 4) is 11.3 Å². The van der Waals surface area contributed by atoms with Crippen molar-refractivity contribution in [1.82, 2.24) is 10.3 Å². The Labute approximate surface area is 178 Å². The van der Waals surface area contributed by atoms with Crippen LogP contribution in [0, 0.1) is 13.8 Å².